The largest absolute Gasteiger partial charge is 0.477 e. The van der Waals surface area contributed by atoms with E-state index >= 15 is 0 Å². The number of carbonyl (C=O) groups excluding carboxylic acids is 1. The van der Waals surface area contributed by atoms with E-state index in [2.05, 4.69) is 0 Å². The Balaban J connectivity index is 2.63. The van der Waals surface area contributed by atoms with Crippen molar-refractivity contribution in [3.8, 4) is 0 Å². The van der Waals surface area contributed by atoms with E-state index in [1.54, 1.807) is 5.32 Å². The quantitative estimate of drug-likeness (QED) is 0.814. The van der Waals surface area contributed by atoms with Crippen LogP contribution < -0.4 is 5.32 Å². The van der Waals surface area contributed by atoms with Crippen LogP contribution in [0.2, 0.25) is 0 Å². The SMILES string of the molecule is O=C(O)c1ccc(C(=O)NCC(F)(F)C(F)F)s1. The van der Waals surface area contributed by atoms with Gasteiger partial charge in [-0.1, -0.05) is 0 Å². The van der Waals surface area contributed by atoms with Gasteiger partial charge < -0.3 is 10.4 Å². The van der Waals surface area contributed by atoms with Crippen molar-refractivity contribution in [1.82, 2.24) is 5.32 Å². The number of rotatable bonds is 5. The first-order chi connectivity index (χ1) is 8.24. The van der Waals surface area contributed by atoms with Crippen LogP contribution in [0.15, 0.2) is 12.1 Å². The number of hydrogen-bond donors (Lipinski definition) is 2. The zero-order valence-electron chi connectivity index (χ0n) is 8.62. The second-order valence-corrected chi connectivity index (χ2v) is 4.30. The van der Waals surface area contributed by atoms with Gasteiger partial charge in [0.25, 0.3) is 5.91 Å². The van der Waals surface area contributed by atoms with E-state index < -0.39 is 30.8 Å². The minimum atomic E-state index is -4.32. The molecular weight excluding hydrogens is 278 g/mol. The van der Waals surface area contributed by atoms with Crippen LogP contribution in [0.1, 0.15) is 19.3 Å². The Kier molecular flexibility index (Phi) is 4.28. The molecule has 0 aliphatic heterocycles. The van der Waals surface area contributed by atoms with Crippen LogP contribution in [0.25, 0.3) is 0 Å². The lowest BCUT2D eigenvalue weighted by Crippen LogP contribution is -2.41. The summed E-state index contributed by atoms with van der Waals surface area (Å²) in [6.07, 6.45) is -3.88. The molecule has 1 amide bonds. The van der Waals surface area contributed by atoms with Gasteiger partial charge in [-0.15, -0.1) is 11.3 Å². The number of halogens is 4. The minimum absolute atomic E-state index is 0.141. The molecule has 0 saturated heterocycles. The highest BCUT2D eigenvalue weighted by molar-refractivity contribution is 7.15. The molecule has 0 saturated carbocycles. The summed E-state index contributed by atoms with van der Waals surface area (Å²) in [5, 5.41) is 10.2. The Bertz CT molecular complexity index is 460. The maximum absolute atomic E-state index is 12.5. The normalized spacial score (nSPS) is 11.6. The molecule has 0 atom stereocenters. The van der Waals surface area contributed by atoms with Crippen LogP contribution in [0.4, 0.5) is 17.6 Å². The molecule has 1 heterocycles. The topological polar surface area (TPSA) is 66.4 Å². The van der Waals surface area contributed by atoms with Gasteiger partial charge in [-0.05, 0) is 12.1 Å². The molecule has 0 fully saturated rings. The monoisotopic (exact) mass is 285 g/mol. The van der Waals surface area contributed by atoms with Crippen molar-refractivity contribution in [2.45, 2.75) is 12.3 Å². The zero-order chi connectivity index (χ0) is 13.9. The molecule has 0 radical (unpaired) electrons. The molecule has 18 heavy (non-hydrogen) atoms. The van der Waals surface area contributed by atoms with Gasteiger partial charge in [0.2, 0.25) is 0 Å². The molecule has 4 nitrogen and oxygen atoms in total. The van der Waals surface area contributed by atoms with Gasteiger partial charge in [0.1, 0.15) is 4.88 Å². The van der Waals surface area contributed by atoms with Crippen molar-refractivity contribution in [2.24, 2.45) is 0 Å². The summed E-state index contributed by atoms with van der Waals surface area (Å²) in [7, 11) is 0. The second-order valence-electron chi connectivity index (χ2n) is 3.21. The third-order valence-corrected chi connectivity index (χ3v) is 2.92. The third-order valence-electron chi connectivity index (χ3n) is 1.84. The lowest BCUT2D eigenvalue weighted by atomic mass is 10.3. The van der Waals surface area contributed by atoms with Gasteiger partial charge in [0, 0.05) is 0 Å². The molecule has 0 spiro atoms. The Labute approximate surface area is 102 Å². The summed E-state index contributed by atoms with van der Waals surface area (Å²) >= 11 is 0.564. The number of carboxylic acids is 1. The molecule has 1 aromatic rings. The summed E-state index contributed by atoms with van der Waals surface area (Å²) < 4.78 is 48.6. The Morgan fingerprint density at radius 2 is 1.89 bits per heavy atom. The average molecular weight is 285 g/mol. The summed E-state index contributed by atoms with van der Waals surface area (Å²) in [6, 6.07) is 2.23. The van der Waals surface area contributed by atoms with E-state index in [0.29, 0.717) is 11.3 Å². The van der Waals surface area contributed by atoms with Gasteiger partial charge in [-0.25, -0.2) is 13.6 Å². The number of carbonyl (C=O) groups is 2. The van der Waals surface area contributed by atoms with Gasteiger partial charge in [-0.3, -0.25) is 4.79 Å². The lowest BCUT2D eigenvalue weighted by molar-refractivity contribution is -0.123. The molecule has 1 rings (SSSR count). The second kappa shape index (κ2) is 5.34. The van der Waals surface area contributed by atoms with Crippen molar-refractivity contribution in [2.75, 3.05) is 6.54 Å². The van der Waals surface area contributed by atoms with Crippen LogP contribution in [0.3, 0.4) is 0 Å². The molecule has 0 aliphatic carbocycles. The first-order valence-electron chi connectivity index (χ1n) is 4.51. The molecule has 2 N–H and O–H groups in total. The lowest BCUT2D eigenvalue weighted by Gasteiger charge is -2.15. The van der Waals surface area contributed by atoms with Crippen molar-refractivity contribution >= 4 is 23.2 Å². The van der Waals surface area contributed by atoms with Gasteiger partial charge in [-0.2, -0.15) is 8.78 Å². The number of thiophene rings is 1. The van der Waals surface area contributed by atoms with E-state index in [4.69, 9.17) is 5.11 Å². The van der Waals surface area contributed by atoms with Crippen LogP contribution in [-0.4, -0.2) is 35.9 Å². The fourth-order valence-electron chi connectivity index (χ4n) is 0.937. The summed E-state index contributed by atoms with van der Waals surface area (Å²) in [5.74, 6) is -6.60. The van der Waals surface area contributed by atoms with Crippen molar-refractivity contribution in [3.63, 3.8) is 0 Å². The fraction of sp³-hybridized carbons (Fsp3) is 0.333. The van der Waals surface area contributed by atoms with E-state index in [-0.39, 0.29) is 9.75 Å². The smallest absolute Gasteiger partial charge is 0.345 e. The van der Waals surface area contributed by atoms with Gasteiger partial charge >= 0.3 is 18.3 Å². The summed E-state index contributed by atoms with van der Waals surface area (Å²) in [6.45, 7) is -1.51. The third kappa shape index (κ3) is 3.42. The number of amides is 1. The molecular formula is C9H7F4NO3S. The fourth-order valence-corrected chi connectivity index (χ4v) is 1.70. The predicted molar refractivity (Wildman–Crippen MR) is 54.6 cm³/mol. The Morgan fingerprint density at radius 3 is 2.33 bits per heavy atom. The molecule has 0 aliphatic rings. The average Bonchev–Trinajstić information content (AvgIpc) is 2.75. The van der Waals surface area contributed by atoms with Crippen LogP contribution in [0.5, 0.6) is 0 Å². The Hall–Kier alpha value is -1.64. The van der Waals surface area contributed by atoms with E-state index in [0.717, 1.165) is 12.1 Å². The van der Waals surface area contributed by atoms with Crippen molar-refractivity contribution in [3.05, 3.63) is 21.9 Å². The first kappa shape index (κ1) is 14.4. The summed E-state index contributed by atoms with van der Waals surface area (Å²) in [5.41, 5.74) is 0. The number of nitrogens with one attached hydrogen (secondary N) is 1. The molecule has 0 unspecified atom stereocenters. The maximum atomic E-state index is 12.5. The zero-order valence-corrected chi connectivity index (χ0v) is 9.44. The van der Waals surface area contributed by atoms with Crippen LogP contribution in [-0.2, 0) is 0 Å². The highest BCUT2D eigenvalue weighted by Crippen LogP contribution is 2.22. The molecule has 1 aromatic heterocycles. The van der Waals surface area contributed by atoms with Crippen LogP contribution >= 0.6 is 11.3 Å². The van der Waals surface area contributed by atoms with Crippen LogP contribution in [0, 0.1) is 0 Å². The highest BCUT2D eigenvalue weighted by atomic mass is 32.1. The first-order valence-corrected chi connectivity index (χ1v) is 5.33. The van der Waals surface area contributed by atoms with Crippen molar-refractivity contribution in [1.29, 1.82) is 0 Å². The molecule has 0 aromatic carbocycles. The number of carboxylic acid groups (broad SMARTS) is 1. The number of hydrogen-bond acceptors (Lipinski definition) is 3. The molecule has 0 bridgehead atoms. The standard InChI is InChI=1S/C9H7F4NO3S/c10-8(11)9(12,13)3-14-6(15)4-1-2-5(18-4)7(16)17/h1-2,8H,3H2,(H,14,15)(H,16,17). The van der Waals surface area contributed by atoms with E-state index in [9.17, 15) is 27.2 Å². The van der Waals surface area contributed by atoms with Gasteiger partial charge in [0.05, 0.1) is 11.4 Å². The minimum Gasteiger partial charge on any atom is -0.477 e. The molecule has 100 valence electrons. The molecule has 9 heteroatoms. The van der Waals surface area contributed by atoms with E-state index in [1.807, 2.05) is 0 Å². The van der Waals surface area contributed by atoms with Gasteiger partial charge in [0.15, 0.2) is 0 Å². The highest BCUT2D eigenvalue weighted by Gasteiger charge is 2.40. The Morgan fingerprint density at radius 1 is 1.33 bits per heavy atom. The van der Waals surface area contributed by atoms with E-state index in [1.165, 1.54) is 0 Å². The number of aromatic carboxylic acids is 1. The number of alkyl halides is 4. The predicted octanol–water partition coefficient (Wildman–Crippen LogP) is 2.08. The maximum Gasteiger partial charge on any atom is 0.345 e. The summed E-state index contributed by atoms with van der Waals surface area (Å²) in [4.78, 5) is 21.5. The van der Waals surface area contributed by atoms with Crippen molar-refractivity contribution < 1.29 is 32.3 Å².